The molecule has 0 amide bonds. The molecule has 5 heteroatoms. The van der Waals surface area contributed by atoms with Crippen LogP contribution in [0.2, 0.25) is 5.02 Å². The number of hydrogen-bond donors (Lipinski definition) is 2. The zero-order chi connectivity index (χ0) is 15.2. The molecule has 0 aliphatic rings. The van der Waals surface area contributed by atoms with Crippen LogP contribution in [0.4, 0.5) is 0 Å². The van der Waals surface area contributed by atoms with Gasteiger partial charge in [0.2, 0.25) is 0 Å². The minimum atomic E-state index is -0.921. The van der Waals surface area contributed by atoms with Gasteiger partial charge < -0.3 is 15.2 Å². The number of carboxylic acids is 1. The Morgan fingerprint density at radius 3 is 2.52 bits per heavy atom. The number of methoxy groups -OCH3 is 1. The third kappa shape index (κ3) is 3.97. The molecule has 2 rings (SSSR count). The molecular weight excluding hydrogens is 290 g/mol. The van der Waals surface area contributed by atoms with Crippen LogP contribution in [0, 0.1) is 0 Å². The molecule has 21 heavy (non-hydrogen) atoms. The molecule has 0 aliphatic heterocycles. The number of rotatable bonds is 6. The number of carbonyl (C=O) groups is 1. The van der Waals surface area contributed by atoms with E-state index in [0.717, 1.165) is 16.9 Å². The van der Waals surface area contributed by atoms with Crippen LogP contribution in [-0.4, -0.2) is 18.2 Å². The van der Waals surface area contributed by atoms with Gasteiger partial charge in [0.15, 0.2) is 0 Å². The predicted octanol–water partition coefficient (Wildman–Crippen LogP) is 3.34. The molecule has 4 nitrogen and oxygen atoms in total. The van der Waals surface area contributed by atoms with Gasteiger partial charge in [0, 0.05) is 23.7 Å². The van der Waals surface area contributed by atoms with Crippen molar-refractivity contribution >= 4 is 17.6 Å². The summed E-state index contributed by atoms with van der Waals surface area (Å²) in [4.78, 5) is 10.8. The van der Waals surface area contributed by atoms with Gasteiger partial charge in [-0.3, -0.25) is 0 Å². The van der Waals surface area contributed by atoms with Gasteiger partial charge in [-0.2, -0.15) is 0 Å². The molecule has 2 aromatic carbocycles. The number of halogens is 1. The van der Waals surface area contributed by atoms with Gasteiger partial charge in [0.25, 0.3) is 0 Å². The lowest BCUT2D eigenvalue weighted by molar-refractivity contribution is 0.0697. The number of carboxylic acid groups (broad SMARTS) is 1. The van der Waals surface area contributed by atoms with Crippen LogP contribution in [0.5, 0.6) is 5.75 Å². The van der Waals surface area contributed by atoms with E-state index < -0.39 is 5.97 Å². The van der Waals surface area contributed by atoms with Gasteiger partial charge in [-0.15, -0.1) is 0 Å². The molecule has 2 N–H and O–H groups in total. The number of aromatic carboxylic acids is 1. The first kappa shape index (κ1) is 15.4. The van der Waals surface area contributed by atoms with E-state index in [2.05, 4.69) is 5.32 Å². The fourth-order valence-electron chi connectivity index (χ4n) is 2.00. The van der Waals surface area contributed by atoms with Crippen LogP contribution in [0.15, 0.2) is 42.5 Å². The molecule has 2 aromatic rings. The lowest BCUT2D eigenvalue weighted by Gasteiger charge is -2.11. The topological polar surface area (TPSA) is 58.6 Å². The summed E-state index contributed by atoms with van der Waals surface area (Å²) in [5.74, 6) is -0.175. The van der Waals surface area contributed by atoms with Gasteiger partial charge in [-0.05, 0) is 29.8 Å². The van der Waals surface area contributed by atoms with Crippen LogP contribution in [0.25, 0.3) is 0 Å². The zero-order valence-corrected chi connectivity index (χ0v) is 12.4. The maximum atomic E-state index is 10.8. The van der Waals surface area contributed by atoms with Crippen molar-refractivity contribution in [3.63, 3.8) is 0 Å². The average molecular weight is 306 g/mol. The predicted molar refractivity (Wildman–Crippen MR) is 81.9 cm³/mol. The second-order valence-electron chi connectivity index (χ2n) is 4.53. The van der Waals surface area contributed by atoms with Gasteiger partial charge in [-0.25, -0.2) is 4.79 Å². The van der Waals surface area contributed by atoms with E-state index in [4.69, 9.17) is 21.4 Å². The Hall–Kier alpha value is -2.04. The molecule has 0 spiro atoms. The summed E-state index contributed by atoms with van der Waals surface area (Å²) in [7, 11) is 1.61. The van der Waals surface area contributed by atoms with E-state index in [1.807, 2.05) is 18.2 Å². The summed E-state index contributed by atoms with van der Waals surface area (Å²) >= 11 is 6.16. The zero-order valence-electron chi connectivity index (χ0n) is 11.6. The number of hydrogen-bond acceptors (Lipinski definition) is 3. The summed E-state index contributed by atoms with van der Waals surface area (Å²) < 4.78 is 5.28. The molecule has 0 bridgehead atoms. The monoisotopic (exact) mass is 305 g/mol. The highest BCUT2D eigenvalue weighted by molar-refractivity contribution is 6.31. The molecule has 110 valence electrons. The molecule has 0 fully saturated rings. The summed E-state index contributed by atoms with van der Waals surface area (Å²) in [5.41, 5.74) is 2.20. The van der Waals surface area contributed by atoms with Crippen molar-refractivity contribution in [1.82, 2.24) is 5.32 Å². The van der Waals surface area contributed by atoms with E-state index >= 15 is 0 Å². The van der Waals surface area contributed by atoms with Crippen molar-refractivity contribution in [2.75, 3.05) is 7.11 Å². The van der Waals surface area contributed by atoms with Crippen molar-refractivity contribution in [2.45, 2.75) is 13.1 Å². The first-order valence-corrected chi connectivity index (χ1v) is 6.84. The highest BCUT2D eigenvalue weighted by Crippen LogP contribution is 2.25. The van der Waals surface area contributed by atoms with Crippen LogP contribution < -0.4 is 10.1 Å². The fourth-order valence-corrected chi connectivity index (χ4v) is 2.23. The Balaban J connectivity index is 1.97. The Morgan fingerprint density at radius 1 is 1.19 bits per heavy atom. The van der Waals surface area contributed by atoms with Crippen molar-refractivity contribution in [3.05, 3.63) is 64.2 Å². The van der Waals surface area contributed by atoms with Gasteiger partial charge in [0.05, 0.1) is 12.7 Å². The molecule has 0 heterocycles. The Kier molecular flexibility index (Phi) is 5.20. The van der Waals surface area contributed by atoms with Gasteiger partial charge >= 0.3 is 5.97 Å². The number of ether oxygens (including phenoxy) is 1. The van der Waals surface area contributed by atoms with Crippen LogP contribution in [-0.2, 0) is 13.1 Å². The molecule has 0 radical (unpaired) electrons. The second-order valence-corrected chi connectivity index (χ2v) is 4.93. The van der Waals surface area contributed by atoms with Crippen LogP contribution in [0.3, 0.4) is 0 Å². The van der Waals surface area contributed by atoms with E-state index in [1.54, 1.807) is 31.4 Å². The Morgan fingerprint density at radius 2 is 1.90 bits per heavy atom. The maximum Gasteiger partial charge on any atom is 0.335 e. The smallest absolute Gasteiger partial charge is 0.335 e. The van der Waals surface area contributed by atoms with Gasteiger partial charge in [-0.1, -0.05) is 29.8 Å². The van der Waals surface area contributed by atoms with E-state index in [9.17, 15) is 4.79 Å². The quantitative estimate of drug-likeness (QED) is 0.859. The fraction of sp³-hybridized carbons (Fsp3) is 0.188. The van der Waals surface area contributed by atoms with Gasteiger partial charge in [0.1, 0.15) is 5.75 Å². The van der Waals surface area contributed by atoms with Crippen molar-refractivity contribution in [2.24, 2.45) is 0 Å². The SMILES string of the molecule is COc1cccc(Cl)c1CNCc1ccc(C(=O)O)cc1. The molecule has 0 atom stereocenters. The standard InChI is InChI=1S/C16H16ClNO3/c1-21-15-4-2-3-14(17)13(15)10-18-9-11-5-7-12(8-6-11)16(19)20/h2-8,18H,9-10H2,1H3,(H,19,20). The Bertz CT molecular complexity index is 626. The summed E-state index contributed by atoms with van der Waals surface area (Å²) in [5, 5.41) is 12.8. The van der Waals surface area contributed by atoms with Crippen molar-refractivity contribution < 1.29 is 14.6 Å². The third-order valence-electron chi connectivity index (χ3n) is 3.13. The summed E-state index contributed by atoms with van der Waals surface area (Å²) in [6, 6.07) is 12.3. The number of nitrogens with one attached hydrogen (secondary N) is 1. The average Bonchev–Trinajstić information content (AvgIpc) is 2.49. The lowest BCUT2D eigenvalue weighted by atomic mass is 10.1. The third-order valence-corrected chi connectivity index (χ3v) is 3.48. The molecule has 0 aromatic heterocycles. The minimum Gasteiger partial charge on any atom is -0.496 e. The normalized spacial score (nSPS) is 10.4. The second kappa shape index (κ2) is 7.11. The molecule has 0 unspecified atom stereocenters. The summed E-state index contributed by atoms with van der Waals surface area (Å²) in [6.45, 7) is 1.19. The molecular formula is C16H16ClNO3. The van der Waals surface area contributed by atoms with E-state index in [0.29, 0.717) is 18.1 Å². The van der Waals surface area contributed by atoms with E-state index in [-0.39, 0.29) is 5.56 Å². The summed E-state index contributed by atoms with van der Waals surface area (Å²) in [6.07, 6.45) is 0. The van der Waals surface area contributed by atoms with Crippen molar-refractivity contribution in [3.8, 4) is 5.75 Å². The van der Waals surface area contributed by atoms with Crippen LogP contribution in [0.1, 0.15) is 21.5 Å². The molecule has 0 saturated heterocycles. The molecule has 0 aliphatic carbocycles. The van der Waals surface area contributed by atoms with E-state index in [1.165, 1.54) is 0 Å². The first-order valence-electron chi connectivity index (χ1n) is 6.46. The molecule has 0 saturated carbocycles. The van der Waals surface area contributed by atoms with Crippen LogP contribution >= 0.6 is 11.6 Å². The number of benzene rings is 2. The maximum absolute atomic E-state index is 10.8. The lowest BCUT2D eigenvalue weighted by Crippen LogP contribution is -2.14. The highest BCUT2D eigenvalue weighted by Gasteiger charge is 2.07. The Labute approximate surface area is 128 Å². The van der Waals surface area contributed by atoms with Crippen molar-refractivity contribution in [1.29, 1.82) is 0 Å². The minimum absolute atomic E-state index is 0.284. The first-order chi connectivity index (χ1) is 10.1. The highest BCUT2D eigenvalue weighted by atomic mass is 35.5. The largest absolute Gasteiger partial charge is 0.496 e.